The molecule has 4 rings (SSSR count). The molecular formula is C23H35N5O2+2. The van der Waals surface area contributed by atoms with Gasteiger partial charge in [-0.15, -0.1) is 0 Å². The molecule has 1 aromatic heterocycles. The molecule has 162 valence electrons. The lowest BCUT2D eigenvalue weighted by atomic mass is 9.88. The molecular weight excluding hydrogens is 378 g/mol. The van der Waals surface area contributed by atoms with E-state index in [1.165, 1.54) is 24.2 Å². The van der Waals surface area contributed by atoms with E-state index in [0.717, 1.165) is 73.9 Å². The van der Waals surface area contributed by atoms with Gasteiger partial charge >= 0.3 is 0 Å². The molecule has 30 heavy (non-hydrogen) atoms. The number of nitrogens with one attached hydrogen (secondary N) is 2. The Morgan fingerprint density at radius 3 is 2.53 bits per heavy atom. The lowest BCUT2D eigenvalue weighted by molar-refractivity contribution is -0.897. The lowest BCUT2D eigenvalue weighted by Gasteiger charge is -2.35. The quantitative estimate of drug-likeness (QED) is 0.771. The van der Waals surface area contributed by atoms with Crippen LogP contribution in [0.2, 0.25) is 0 Å². The molecule has 0 atom stereocenters. The summed E-state index contributed by atoms with van der Waals surface area (Å²) in [5.41, 5.74) is 3.79. The van der Waals surface area contributed by atoms with Gasteiger partial charge in [-0.3, -0.25) is 9.69 Å². The van der Waals surface area contributed by atoms with Gasteiger partial charge in [-0.05, 0) is 45.6 Å². The number of carbonyl (C=O) groups excluding carboxylic acids is 1. The predicted octanol–water partition coefficient (Wildman–Crippen LogP) is 0.250. The van der Waals surface area contributed by atoms with Crippen LogP contribution >= 0.6 is 0 Å². The number of quaternary nitrogens is 1. The molecule has 4 heterocycles. The van der Waals surface area contributed by atoms with Gasteiger partial charge in [0.15, 0.2) is 6.54 Å². The largest absolute Gasteiger partial charge is 0.370 e. The van der Waals surface area contributed by atoms with Gasteiger partial charge in [0.25, 0.3) is 11.7 Å². The zero-order chi connectivity index (χ0) is 21.3. The summed E-state index contributed by atoms with van der Waals surface area (Å²) in [6.07, 6.45) is 4.52. The molecule has 7 heteroatoms. The van der Waals surface area contributed by atoms with Gasteiger partial charge in [0.1, 0.15) is 30.4 Å². The second-order valence-electron chi connectivity index (χ2n) is 9.62. The van der Waals surface area contributed by atoms with Gasteiger partial charge in [-0.1, -0.05) is 0 Å². The van der Waals surface area contributed by atoms with Crippen LogP contribution < -0.4 is 14.8 Å². The number of piperidine rings is 1. The summed E-state index contributed by atoms with van der Waals surface area (Å²) in [7, 11) is 0. The number of pyridine rings is 1. The highest BCUT2D eigenvalue weighted by molar-refractivity contribution is 5.77. The molecule has 0 unspecified atom stereocenters. The predicted molar refractivity (Wildman–Crippen MR) is 113 cm³/mol. The maximum atomic E-state index is 12.8. The van der Waals surface area contributed by atoms with Gasteiger partial charge in [-0.25, -0.2) is 4.98 Å². The summed E-state index contributed by atoms with van der Waals surface area (Å²) in [6.45, 7) is 12.6. The topological polar surface area (TPSA) is 75.2 Å². The number of amides is 1. The maximum absolute atomic E-state index is 12.8. The molecule has 0 radical (unpaired) electrons. The average molecular weight is 414 g/mol. The number of H-pyrrole nitrogens is 1. The van der Waals surface area contributed by atoms with Crippen LogP contribution in [0.1, 0.15) is 55.5 Å². The van der Waals surface area contributed by atoms with Crippen LogP contribution in [0.15, 0.2) is 0 Å². The van der Waals surface area contributed by atoms with Crippen molar-refractivity contribution >= 4 is 11.7 Å². The molecule has 0 aromatic carbocycles. The summed E-state index contributed by atoms with van der Waals surface area (Å²) in [4.78, 5) is 21.9. The fourth-order valence-corrected chi connectivity index (χ4v) is 5.06. The zero-order valence-corrected chi connectivity index (χ0v) is 18.6. The molecule has 3 aliphatic heterocycles. The van der Waals surface area contributed by atoms with Crippen LogP contribution in [0.4, 0.5) is 5.82 Å². The van der Waals surface area contributed by atoms with Gasteiger partial charge in [-0.2, -0.15) is 5.26 Å². The highest BCUT2D eigenvalue weighted by atomic mass is 16.5. The smallest absolute Gasteiger partial charge is 0.293 e. The fraction of sp³-hybridized carbons (Fsp3) is 0.696. The summed E-state index contributed by atoms with van der Waals surface area (Å²) in [5.74, 6) is 1.18. The minimum absolute atomic E-state index is 0.258. The highest BCUT2D eigenvalue weighted by Gasteiger charge is 2.36. The SMILES string of the molecule is Cc1[nH+]c(N2CCN(C(=O)C[NH+]3CCCCC3)CC2)c(C#N)c2c1COC(C)(C)C2. The maximum Gasteiger partial charge on any atom is 0.293 e. The van der Waals surface area contributed by atoms with Crippen LogP contribution in [0.5, 0.6) is 0 Å². The summed E-state index contributed by atoms with van der Waals surface area (Å²) < 4.78 is 5.97. The normalized spacial score (nSPS) is 21.8. The van der Waals surface area contributed by atoms with E-state index >= 15 is 0 Å². The second kappa shape index (κ2) is 8.52. The average Bonchev–Trinajstić information content (AvgIpc) is 2.73. The van der Waals surface area contributed by atoms with Crippen molar-refractivity contribution < 1.29 is 19.4 Å². The minimum Gasteiger partial charge on any atom is -0.370 e. The Bertz CT molecular complexity index is 846. The molecule has 0 aliphatic carbocycles. The van der Waals surface area contributed by atoms with Gasteiger partial charge in [0.05, 0.1) is 38.4 Å². The number of ether oxygens (including phenoxy) is 1. The molecule has 2 fully saturated rings. The Balaban J connectivity index is 1.46. The van der Waals surface area contributed by atoms with Gasteiger partial charge in [0, 0.05) is 12.0 Å². The number of fused-ring (bicyclic) bond motifs is 1. The number of likely N-dealkylation sites (tertiary alicyclic amines) is 1. The standard InChI is InChI=1S/C23H33N5O2/c1-17-20-16-30-23(2,3)13-18(20)19(14-24)22(25-17)28-11-9-27(10-12-28)21(29)15-26-7-5-4-6-8-26/h4-13,15-16H2,1-3H3/p+2. The number of aromatic nitrogens is 1. The lowest BCUT2D eigenvalue weighted by Crippen LogP contribution is -3.13. The van der Waals surface area contributed by atoms with Crippen molar-refractivity contribution in [2.45, 2.75) is 58.7 Å². The number of anilines is 1. The first-order chi connectivity index (χ1) is 14.4. The van der Waals surface area contributed by atoms with E-state index in [4.69, 9.17) is 4.74 Å². The van der Waals surface area contributed by atoms with E-state index in [1.54, 1.807) is 0 Å². The first kappa shape index (κ1) is 21.1. The molecule has 2 saturated heterocycles. The van der Waals surface area contributed by atoms with Crippen LogP contribution in [0.3, 0.4) is 0 Å². The first-order valence-electron chi connectivity index (χ1n) is 11.4. The van der Waals surface area contributed by atoms with Crippen molar-refractivity contribution in [3.63, 3.8) is 0 Å². The van der Waals surface area contributed by atoms with Crippen molar-refractivity contribution in [1.82, 2.24) is 4.90 Å². The molecule has 0 saturated carbocycles. The Hall–Kier alpha value is -2.17. The Kier molecular flexibility index (Phi) is 5.99. The first-order valence-corrected chi connectivity index (χ1v) is 11.4. The highest BCUT2D eigenvalue weighted by Crippen LogP contribution is 2.33. The molecule has 1 aromatic rings. The summed E-state index contributed by atoms with van der Waals surface area (Å²) in [5, 5.41) is 9.98. The third-order valence-electron chi connectivity index (χ3n) is 6.89. The Morgan fingerprint density at radius 2 is 1.87 bits per heavy atom. The number of carbonyl (C=O) groups is 1. The van der Waals surface area contributed by atoms with Crippen molar-refractivity contribution in [3.05, 3.63) is 22.4 Å². The molecule has 0 spiro atoms. The van der Waals surface area contributed by atoms with E-state index < -0.39 is 0 Å². The number of piperazine rings is 1. The van der Waals surface area contributed by atoms with E-state index in [-0.39, 0.29) is 11.5 Å². The molecule has 2 N–H and O–H groups in total. The van der Waals surface area contributed by atoms with E-state index in [0.29, 0.717) is 13.2 Å². The summed E-state index contributed by atoms with van der Waals surface area (Å²) in [6, 6.07) is 2.46. The number of hydrogen-bond acceptors (Lipinski definition) is 4. The van der Waals surface area contributed by atoms with Crippen LogP contribution in [-0.2, 0) is 22.6 Å². The second-order valence-corrected chi connectivity index (χ2v) is 9.62. The van der Waals surface area contributed by atoms with Crippen molar-refractivity contribution in [3.8, 4) is 6.07 Å². The molecule has 7 nitrogen and oxygen atoms in total. The Morgan fingerprint density at radius 1 is 1.17 bits per heavy atom. The minimum atomic E-state index is -0.258. The van der Waals surface area contributed by atoms with Gasteiger partial charge < -0.3 is 14.5 Å². The van der Waals surface area contributed by atoms with Crippen LogP contribution in [-0.4, -0.2) is 62.2 Å². The molecule has 1 amide bonds. The monoisotopic (exact) mass is 413 g/mol. The van der Waals surface area contributed by atoms with Gasteiger partial charge in [0.2, 0.25) is 0 Å². The number of nitriles is 1. The number of rotatable bonds is 3. The van der Waals surface area contributed by atoms with E-state index in [2.05, 4.69) is 36.7 Å². The molecule has 3 aliphatic rings. The van der Waals surface area contributed by atoms with Crippen molar-refractivity contribution in [2.75, 3.05) is 50.7 Å². The zero-order valence-electron chi connectivity index (χ0n) is 18.6. The number of nitrogens with zero attached hydrogens (tertiary/aromatic N) is 3. The Labute approximate surface area is 179 Å². The third-order valence-corrected chi connectivity index (χ3v) is 6.89. The van der Waals surface area contributed by atoms with Crippen LogP contribution in [0, 0.1) is 18.3 Å². The fourth-order valence-electron chi connectivity index (χ4n) is 5.06. The third kappa shape index (κ3) is 4.30. The number of hydrogen-bond donors (Lipinski definition) is 1. The van der Waals surface area contributed by atoms with Crippen LogP contribution in [0.25, 0.3) is 0 Å². The molecule has 0 bridgehead atoms. The summed E-state index contributed by atoms with van der Waals surface area (Å²) >= 11 is 0. The van der Waals surface area contributed by atoms with Crippen molar-refractivity contribution in [1.29, 1.82) is 5.26 Å². The van der Waals surface area contributed by atoms with E-state index in [1.807, 2.05) is 4.90 Å². The van der Waals surface area contributed by atoms with E-state index in [9.17, 15) is 10.1 Å². The number of aryl methyl sites for hydroxylation is 1. The van der Waals surface area contributed by atoms with Crippen molar-refractivity contribution in [2.24, 2.45) is 0 Å². The number of aromatic amines is 1.